The van der Waals surface area contributed by atoms with Crippen LogP contribution in [0.1, 0.15) is 63.0 Å². The molecule has 1 aromatic rings. The molecule has 0 aliphatic heterocycles. The molecule has 1 rings (SSSR count). The zero-order valence-corrected chi connectivity index (χ0v) is 13.7. The maximum atomic E-state index is 12.0. The van der Waals surface area contributed by atoms with Gasteiger partial charge in [-0.1, -0.05) is 56.0 Å². The molecule has 128 valence electrons. The van der Waals surface area contributed by atoms with Crippen molar-refractivity contribution in [1.82, 2.24) is 5.32 Å². The van der Waals surface area contributed by atoms with Gasteiger partial charge in [-0.25, -0.2) is 0 Å². The van der Waals surface area contributed by atoms with Crippen molar-refractivity contribution >= 4 is 11.9 Å². The number of rotatable bonds is 12. The molecule has 0 heterocycles. The third kappa shape index (κ3) is 8.98. The number of amides is 1. The zero-order valence-electron chi connectivity index (χ0n) is 13.7. The molecule has 1 aromatic carbocycles. The average molecular weight is 320 g/mol. The minimum atomic E-state index is -0.918. The Morgan fingerprint density at radius 2 is 1.61 bits per heavy atom. The lowest BCUT2D eigenvalue weighted by Gasteiger charge is -2.17. The molecule has 0 aliphatic rings. The molecule has 5 heteroatoms. The van der Waals surface area contributed by atoms with Crippen LogP contribution in [0.3, 0.4) is 0 Å². The van der Waals surface area contributed by atoms with Crippen molar-refractivity contribution in [2.45, 2.75) is 57.4 Å². The molecule has 0 saturated heterocycles. The van der Waals surface area contributed by atoms with Crippen LogP contribution in [0, 0.1) is 0 Å². The number of hydrogen-bond donors (Lipinski definition) is 3. The maximum Gasteiger partial charge on any atom is 0.305 e. The summed E-state index contributed by atoms with van der Waals surface area (Å²) in [5.74, 6) is -0.999. The molecule has 0 bridgehead atoms. The maximum absolute atomic E-state index is 12.0. The van der Waals surface area contributed by atoms with E-state index in [4.69, 9.17) is 10.8 Å². The highest BCUT2D eigenvalue weighted by molar-refractivity contribution is 5.77. The largest absolute Gasteiger partial charge is 0.481 e. The highest BCUT2D eigenvalue weighted by atomic mass is 16.4. The SMILES string of the molecule is NCCCCCCCCC(=O)NC(CC(=O)O)c1ccccc1. The molecule has 1 unspecified atom stereocenters. The van der Waals surface area contributed by atoms with Crippen molar-refractivity contribution in [1.29, 1.82) is 0 Å². The van der Waals surface area contributed by atoms with Gasteiger partial charge < -0.3 is 16.2 Å². The summed E-state index contributed by atoms with van der Waals surface area (Å²) >= 11 is 0. The molecule has 0 saturated carbocycles. The fraction of sp³-hybridized carbons (Fsp3) is 0.556. The zero-order chi connectivity index (χ0) is 16.9. The Morgan fingerprint density at radius 3 is 2.22 bits per heavy atom. The van der Waals surface area contributed by atoms with Gasteiger partial charge in [0.05, 0.1) is 12.5 Å². The van der Waals surface area contributed by atoms with Crippen molar-refractivity contribution in [2.24, 2.45) is 5.73 Å². The Bertz CT molecular complexity index is 463. The minimum absolute atomic E-state index is 0.0814. The molecule has 0 radical (unpaired) electrons. The summed E-state index contributed by atoms with van der Waals surface area (Å²) in [5, 5.41) is 11.9. The van der Waals surface area contributed by atoms with Crippen molar-refractivity contribution in [3.63, 3.8) is 0 Å². The minimum Gasteiger partial charge on any atom is -0.481 e. The van der Waals surface area contributed by atoms with Gasteiger partial charge in [0.25, 0.3) is 0 Å². The van der Waals surface area contributed by atoms with Gasteiger partial charge in [-0.3, -0.25) is 9.59 Å². The smallest absolute Gasteiger partial charge is 0.305 e. The van der Waals surface area contributed by atoms with Gasteiger partial charge in [0.15, 0.2) is 0 Å². The van der Waals surface area contributed by atoms with E-state index in [-0.39, 0.29) is 12.3 Å². The fourth-order valence-corrected chi connectivity index (χ4v) is 2.52. The quantitative estimate of drug-likeness (QED) is 0.516. The fourth-order valence-electron chi connectivity index (χ4n) is 2.52. The number of unbranched alkanes of at least 4 members (excludes halogenated alkanes) is 5. The highest BCUT2D eigenvalue weighted by Gasteiger charge is 2.17. The van der Waals surface area contributed by atoms with Crippen molar-refractivity contribution in [3.05, 3.63) is 35.9 Å². The molecule has 1 amide bonds. The van der Waals surface area contributed by atoms with Crippen LogP contribution in [0.5, 0.6) is 0 Å². The summed E-state index contributed by atoms with van der Waals surface area (Å²) < 4.78 is 0. The molecular weight excluding hydrogens is 292 g/mol. The number of benzene rings is 1. The standard InChI is InChI=1S/C18H28N2O3/c19-13-9-4-2-1-3-8-12-17(21)20-16(14-18(22)23)15-10-6-5-7-11-15/h5-7,10-11,16H,1-4,8-9,12-14,19H2,(H,20,21)(H,22,23). The van der Waals surface area contributed by atoms with Crippen LogP contribution in [0.15, 0.2) is 30.3 Å². The van der Waals surface area contributed by atoms with Gasteiger partial charge in [-0.15, -0.1) is 0 Å². The first-order chi connectivity index (χ1) is 11.1. The van der Waals surface area contributed by atoms with Gasteiger partial charge in [0, 0.05) is 6.42 Å². The van der Waals surface area contributed by atoms with Crippen molar-refractivity contribution in [3.8, 4) is 0 Å². The molecule has 23 heavy (non-hydrogen) atoms. The second-order valence-corrected chi connectivity index (χ2v) is 5.79. The lowest BCUT2D eigenvalue weighted by atomic mass is 10.0. The van der Waals surface area contributed by atoms with Crippen LogP contribution in [0.2, 0.25) is 0 Å². The predicted molar refractivity (Wildman–Crippen MR) is 91.0 cm³/mol. The molecule has 5 nitrogen and oxygen atoms in total. The topological polar surface area (TPSA) is 92.4 Å². The monoisotopic (exact) mass is 320 g/mol. The summed E-state index contributed by atoms with van der Waals surface area (Å²) in [4.78, 5) is 23.0. The van der Waals surface area contributed by atoms with E-state index in [1.54, 1.807) is 0 Å². The number of nitrogens with one attached hydrogen (secondary N) is 1. The number of aliphatic carboxylic acids is 1. The van der Waals surface area contributed by atoms with Gasteiger partial charge in [-0.2, -0.15) is 0 Å². The average Bonchev–Trinajstić information content (AvgIpc) is 2.54. The molecule has 0 aromatic heterocycles. The molecule has 0 aliphatic carbocycles. The highest BCUT2D eigenvalue weighted by Crippen LogP contribution is 2.17. The van der Waals surface area contributed by atoms with Gasteiger partial charge in [0.1, 0.15) is 0 Å². The van der Waals surface area contributed by atoms with E-state index in [2.05, 4.69) is 5.32 Å². The summed E-state index contributed by atoms with van der Waals surface area (Å²) in [6.07, 6.45) is 6.69. The Balaban J connectivity index is 2.32. The number of carbonyl (C=O) groups excluding carboxylic acids is 1. The van der Waals surface area contributed by atoms with E-state index >= 15 is 0 Å². The summed E-state index contributed by atoms with van der Waals surface area (Å²) in [7, 11) is 0. The number of carboxylic acids is 1. The van der Waals surface area contributed by atoms with E-state index in [9.17, 15) is 9.59 Å². The summed E-state index contributed by atoms with van der Waals surface area (Å²) in [5.41, 5.74) is 6.27. The Kier molecular flexibility index (Phi) is 9.71. The molecule has 1 atom stereocenters. The summed E-state index contributed by atoms with van der Waals surface area (Å²) in [6, 6.07) is 8.77. The second-order valence-electron chi connectivity index (χ2n) is 5.79. The van der Waals surface area contributed by atoms with Crippen LogP contribution >= 0.6 is 0 Å². The van der Waals surface area contributed by atoms with E-state index in [0.717, 1.165) is 50.6 Å². The summed E-state index contributed by atoms with van der Waals surface area (Å²) in [6.45, 7) is 0.743. The van der Waals surface area contributed by atoms with E-state index in [1.807, 2.05) is 30.3 Å². The first-order valence-electron chi connectivity index (χ1n) is 8.39. The molecule has 0 fully saturated rings. The number of carbonyl (C=O) groups is 2. The number of hydrogen-bond acceptors (Lipinski definition) is 3. The molecule has 0 spiro atoms. The number of carboxylic acid groups (broad SMARTS) is 1. The van der Waals surface area contributed by atoms with Gasteiger partial charge in [0.2, 0.25) is 5.91 Å². The van der Waals surface area contributed by atoms with E-state index in [1.165, 1.54) is 0 Å². The van der Waals surface area contributed by atoms with Crippen LogP contribution in [-0.2, 0) is 9.59 Å². The number of nitrogens with two attached hydrogens (primary N) is 1. The van der Waals surface area contributed by atoms with E-state index < -0.39 is 12.0 Å². The normalized spacial score (nSPS) is 11.9. The van der Waals surface area contributed by atoms with Crippen LogP contribution in [0.25, 0.3) is 0 Å². The Morgan fingerprint density at radius 1 is 1.00 bits per heavy atom. The van der Waals surface area contributed by atoms with Crippen molar-refractivity contribution in [2.75, 3.05) is 6.54 Å². The first-order valence-corrected chi connectivity index (χ1v) is 8.39. The van der Waals surface area contributed by atoms with Crippen LogP contribution in [0.4, 0.5) is 0 Å². The van der Waals surface area contributed by atoms with Crippen molar-refractivity contribution < 1.29 is 14.7 Å². The lowest BCUT2D eigenvalue weighted by molar-refractivity contribution is -0.137. The second kappa shape index (κ2) is 11.7. The van der Waals surface area contributed by atoms with Crippen LogP contribution in [-0.4, -0.2) is 23.5 Å². The molecular formula is C18H28N2O3. The third-order valence-corrected chi connectivity index (χ3v) is 3.77. The van der Waals surface area contributed by atoms with Crippen LogP contribution < -0.4 is 11.1 Å². The van der Waals surface area contributed by atoms with Gasteiger partial charge >= 0.3 is 5.97 Å². The Hall–Kier alpha value is -1.88. The van der Waals surface area contributed by atoms with E-state index in [0.29, 0.717) is 6.42 Å². The first kappa shape index (κ1) is 19.2. The Labute approximate surface area is 138 Å². The predicted octanol–water partition coefficient (Wildman–Crippen LogP) is 3.01. The van der Waals surface area contributed by atoms with Gasteiger partial charge in [-0.05, 0) is 24.9 Å². The lowest BCUT2D eigenvalue weighted by Crippen LogP contribution is -2.29. The third-order valence-electron chi connectivity index (χ3n) is 3.77. The molecule has 4 N–H and O–H groups in total.